The normalized spacial score (nSPS) is 14.9. The minimum Gasteiger partial charge on any atom is -0.339 e. The number of rotatable bonds is 3. The molecule has 0 bridgehead atoms. The van der Waals surface area contributed by atoms with E-state index in [2.05, 4.69) is 10.1 Å². The third-order valence-electron chi connectivity index (χ3n) is 4.99. The Balaban J connectivity index is 1.64. The van der Waals surface area contributed by atoms with Crippen LogP contribution in [0.4, 0.5) is 0 Å². The average Bonchev–Trinajstić information content (AvgIpc) is 3.36. The van der Waals surface area contributed by atoms with Crippen LogP contribution in [0, 0.1) is 12.8 Å². The van der Waals surface area contributed by atoms with Crippen LogP contribution in [-0.4, -0.2) is 57.9 Å². The lowest BCUT2D eigenvalue weighted by molar-refractivity contribution is -0.135. The Bertz CT molecular complexity index is 1020. The van der Waals surface area contributed by atoms with Gasteiger partial charge in [0.2, 0.25) is 5.91 Å². The number of pyridine rings is 1. The summed E-state index contributed by atoms with van der Waals surface area (Å²) in [6, 6.07) is 5.74. The molecule has 1 aliphatic rings. The minimum absolute atomic E-state index is 0.0323. The molecular formula is C20H22N4O3S. The van der Waals surface area contributed by atoms with E-state index in [0.717, 1.165) is 4.88 Å². The van der Waals surface area contributed by atoms with Gasteiger partial charge in [0.05, 0.1) is 27.2 Å². The fraction of sp³-hybridized carbons (Fsp3) is 0.400. The second-order valence-corrected chi connectivity index (χ2v) is 8.20. The van der Waals surface area contributed by atoms with Crippen LogP contribution in [0.2, 0.25) is 0 Å². The maximum Gasteiger partial charge on any atom is 0.259 e. The lowest BCUT2D eigenvalue weighted by Gasteiger charge is -2.35. The fourth-order valence-corrected chi connectivity index (χ4v) is 4.17. The molecule has 28 heavy (non-hydrogen) atoms. The molecule has 1 fully saturated rings. The van der Waals surface area contributed by atoms with Crippen molar-refractivity contribution in [3.05, 3.63) is 34.8 Å². The Morgan fingerprint density at radius 1 is 1.18 bits per heavy atom. The highest BCUT2D eigenvalue weighted by molar-refractivity contribution is 7.13. The van der Waals surface area contributed by atoms with E-state index in [1.165, 1.54) is 0 Å². The number of piperazine rings is 1. The van der Waals surface area contributed by atoms with E-state index in [-0.39, 0.29) is 17.7 Å². The summed E-state index contributed by atoms with van der Waals surface area (Å²) in [5.41, 5.74) is 2.28. The van der Waals surface area contributed by atoms with Crippen molar-refractivity contribution < 1.29 is 14.1 Å². The number of nitrogens with zero attached hydrogens (tertiary/aromatic N) is 4. The van der Waals surface area contributed by atoms with Gasteiger partial charge in [-0.3, -0.25) is 9.59 Å². The molecule has 0 saturated carbocycles. The van der Waals surface area contributed by atoms with Crippen molar-refractivity contribution in [2.45, 2.75) is 20.8 Å². The van der Waals surface area contributed by atoms with Gasteiger partial charge in [0.15, 0.2) is 0 Å². The van der Waals surface area contributed by atoms with Crippen molar-refractivity contribution in [3.8, 4) is 10.6 Å². The van der Waals surface area contributed by atoms with Crippen molar-refractivity contribution in [1.29, 1.82) is 0 Å². The molecule has 3 aromatic heterocycles. The summed E-state index contributed by atoms with van der Waals surface area (Å²) in [7, 11) is 0. The quantitative estimate of drug-likeness (QED) is 0.677. The van der Waals surface area contributed by atoms with Crippen LogP contribution in [-0.2, 0) is 4.79 Å². The first-order valence-corrected chi connectivity index (χ1v) is 10.2. The molecule has 0 N–H and O–H groups in total. The van der Waals surface area contributed by atoms with Gasteiger partial charge in [-0.1, -0.05) is 25.1 Å². The van der Waals surface area contributed by atoms with Gasteiger partial charge in [-0.05, 0) is 24.4 Å². The SMILES string of the molecule is Cc1noc2nc(-c3cccs3)cc(C(=O)N3CCN(C(=O)C(C)C)CC3)c12. The lowest BCUT2D eigenvalue weighted by atomic mass is 10.1. The predicted molar refractivity (Wildman–Crippen MR) is 107 cm³/mol. The minimum atomic E-state index is -0.0758. The Morgan fingerprint density at radius 2 is 1.89 bits per heavy atom. The van der Waals surface area contributed by atoms with Gasteiger partial charge in [-0.2, -0.15) is 0 Å². The van der Waals surface area contributed by atoms with E-state index in [9.17, 15) is 9.59 Å². The first-order valence-electron chi connectivity index (χ1n) is 9.34. The van der Waals surface area contributed by atoms with Gasteiger partial charge in [0.1, 0.15) is 0 Å². The largest absolute Gasteiger partial charge is 0.339 e. The van der Waals surface area contributed by atoms with Gasteiger partial charge in [0, 0.05) is 32.1 Å². The molecule has 8 heteroatoms. The highest BCUT2D eigenvalue weighted by Gasteiger charge is 2.28. The van der Waals surface area contributed by atoms with Crippen molar-refractivity contribution in [1.82, 2.24) is 19.9 Å². The summed E-state index contributed by atoms with van der Waals surface area (Å²) >= 11 is 1.56. The standard InChI is InChI=1S/C20H22N4O3S/c1-12(2)19(25)23-6-8-24(9-7-23)20(26)14-11-15(16-5-4-10-28-16)21-18-17(14)13(3)22-27-18/h4-5,10-12H,6-9H2,1-3H3. The van der Waals surface area contributed by atoms with Crippen LogP contribution in [0.1, 0.15) is 29.9 Å². The highest BCUT2D eigenvalue weighted by Crippen LogP contribution is 2.30. The third-order valence-corrected chi connectivity index (χ3v) is 5.89. The molecule has 4 heterocycles. The molecule has 0 unspecified atom stereocenters. The Kier molecular flexibility index (Phi) is 4.89. The number of fused-ring (bicyclic) bond motifs is 1. The first-order chi connectivity index (χ1) is 13.5. The molecule has 1 saturated heterocycles. The second kappa shape index (κ2) is 7.35. The van der Waals surface area contributed by atoms with Crippen LogP contribution < -0.4 is 0 Å². The molecule has 0 atom stereocenters. The molecule has 1 aliphatic heterocycles. The Morgan fingerprint density at radius 3 is 2.54 bits per heavy atom. The van der Waals surface area contributed by atoms with E-state index in [1.807, 2.05) is 49.3 Å². The zero-order valence-electron chi connectivity index (χ0n) is 16.1. The van der Waals surface area contributed by atoms with Gasteiger partial charge in [0.25, 0.3) is 11.6 Å². The number of amides is 2. The predicted octanol–water partition coefficient (Wildman–Crippen LogP) is 3.20. The Labute approximate surface area is 166 Å². The topological polar surface area (TPSA) is 79.5 Å². The second-order valence-electron chi connectivity index (χ2n) is 7.25. The Hall–Kier alpha value is -2.74. The smallest absolute Gasteiger partial charge is 0.259 e. The van der Waals surface area contributed by atoms with E-state index in [0.29, 0.717) is 54.2 Å². The molecule has 0 radical (unpaired) electrons. The number of hydrogen-bond acceptors (Lipinski definition) is 6. The first kappa shape index (κ1) is 18.6. The summed E-state index contributed by atoms with van der Waals surface area (Å²) in [5.74, 6) is 0.0245. The number of thiophene rings is 1. The maximum absolute atomic E-state index is 13.3. The molecule has 7 nitrogen and oxygen atoms in total. The molecule has 0 spiro atoms. The third kappa shape index (κ3) is 3.28. The van der Waals surface area contributed by atoms with Crippen LogP contribution in [0.3, 0.4) is 0 Å². The van der Waals surface area contributed by atoms with Gasteiger partial charge in [-0.15, -0.1) is 11.3 Å². The van der Waals surface area contributed by atoms with Crippen LogP contribution in [0.25, 0.3) is 21.7 Å². The van der Waals surface area contributed by atoms with E-state index in [1.54, 1.807) is 16.2 Å². The van der Waals surface area contributed by atoms with Gasteiger partial charge < -0.3 is 14.3 Å². The fourth-order valence-electron chi connectivity index (χ4n) is 3.48. The van der Waals surface area contributed by atoms with Crippen LogP contribution in [0.15, 0.2) is 28.1 Å². The van der Waals surface area contributed by atoms with E-state index < -0.39 is 0 Å². The molecule has 0 aliphatic carbocycles. The lowest BCUT2D eigenvalue weighted by Crippen LogP contribution is -2.51. The molecule has 2 amide bonds. The molecular weight excluding hydrogens is 376 g/mol. The number of hydrogen-bond donors (Lipinski definition) is 0. The summed E-state index contributed by atoms with van der Waals surface area (Å²) < 4.78 is 5.36. The number of aryl methyl sites for hydroxylation is 1. The molecule has 146 valence electrons. The molecule has 4 rings (SSSR count). The van der Waals surface area contributed by atoms with Gasteiger partial charge in [-0.25, -0.2) is 4.98 Å². The van der Waals surface area contributed by atoms with E-state index in [4.69, 9.17) is 4.52 Å². The highest BCUT2D eigenvalue weighted by atomic mass is 32.1. The summed E-state index contributed by atoms with van der Waals surface area (Å²) in [6.45, 7) is 7.74. The van der Waals surface area contributed by atoms with Crippen molar-refractivity contribution in [2.24, 2.45) is 5.92 Å². The monoisotopic (exact) mass is 398 g/mol. The maximum atomic E-state index is 13.3. The van der Waals surface area contributed by atoms with E-state index >= 15 is 0 Å². The zero-order chi connectivity index (χ0) is 19.8. The summed E-state index contributed by atoms with van der Waals surface area (Å²) in [6.07, 6.45) is 0. The van der Waals surface area contributed by atoms with Crippen LogP contribution >= 0.6 is 11.3 Å². The van der Waals surface area contributed by atoms with Gasteiger partial charge >= 0.3 is 0 Å². The summed E-state index contributed by atoms with van der Waals surface area (Å²) in [5, 5.41) is 6.63. The zero-order valence-corrected chi connectivity index (χ0v) is 17.0. The van der Waals surface area contributed by atoms with Crippen molar-refractivity contribution >= 4 is 34.3 Å². The molecule has 0 aromatic carbocycles. The number of carbonyl (C=O) groups excluding carboxylic acids is 2. The van der Waals surface area contributed by atoms with Crippen LogP contribution in [0.5, 0.6) is 0 Å². The average molecular weight is 398 g/mol. The number of carbonyl (C=O) groups is 2. The van der Waals surface area contributed by atoms with Crippen molar-refractivity contribution in [3.63, 3.8) is 0 Å². The summed E-state index contributed by atoms with van der Waals surface area (Å²) in [4.78, 5) is 34.7. The van der Waals surface area contributed by atoms with Crippen molar-refractivity contribution in [2.75, 3.05) is 26.2 Å². The number of aromatic nitrogens is 2. The molecule has 3 aromatic rings.